The molecule has 0 N–H and O–H groups in total. The third-order valence-electron chi connectivity index (χ3n) is 3.11. The zero-order valence-corrected chi connectivity index (χ0v) is 14.9. The number of nitrogens with zero attached hydrogens (tertiary/aromatic N) is 2. The maximum absolute atomic E-state index is 5.68. The molecule has 0 fully saturated rings. The lowest BCUT2D eigenvalue weighted by Gasteiger charge is -2.04. The van der Waals surface area contributed by atoms with Gasteiger partial charge in [-0.3, -0.25) is 0 Å². The van der Waals surface area contributed by atoms with E-state index in [-0.39, 0.29) is 0 Å². The molecule has 0 radical (unpaired) electrons. The lowest BCUT2D eigenvalue weighted by atomic mass is 10.2. The van der Waals surface area contributed by atoms with Crippen molar-refractivity contribution < 1.29 is 9.15 Å². The third kappa shape index (κ3) is 4.36. The van der Waals surface area contributed by atoms with Gasteiger partial charge in [0.05, 0.1) is 12.2 Å². The highest BCUT2D eigenvalue weighted by molar-refractivity contribution is 9.10. The summed E-state index contributed by atoms with van der Waals surface area (Å²) in [7, 11) is 0. The molecule has 0 bridgehead atoms. The van der Waals surface area contributed by atoms with E-state index in [9.17, 15) is 0 Å². The second kappa shape index (κ2) is 7.66. The molecule has 3 aromatic rings. The summed E-state index contributed by atoms with van der Waals surface area (Å²) in [5.41, 5.74) is 2.11. The van der Waals surface area contributed by atoms with Gasteiger partial charge in [0, 0.05) is 10.2 Å². The first-order valence-corrected chi connectivity index (χ1v) is 8.91. The fraction of sp³-hybridized carbons (Fsp3) is 0.176. The molecular formula is C17H15BrN2O2S. The first-order chi connectivity index (χ1) is 11.2. The van der Waals surface area contributed by atoms with Crippen molar-refractivity contribution in [2.75, 3.05) is 12.4 Å². The molecule has 0 aliphatic carbocycles. The van der Waals surface area contributed by atoms with E-state index in [1.807, 2.05) is 48.5 Å². The summed E-state index contributed by atoms with van der Waals surface area (Å²) in [6.45, 7) is 2.64. The first kappa shape index (κ1) is 16.1. The van der Waals surface area contributed by atoms with Crippen LogP contribution in [0.4, 0.5) is 0 Å². The van der Waals surface area contributed by atoms with Gasteiger partial charge < -0.3 is 9.15 Å². The summed E-state index contributed by atoms with van der Waals surface area (Å²) < 4.78 is 12.3. The summed E-state index contributed by atoms with van der Waals surface area (Å²) in [6, 6.07) is 15.8. The van der Waals surface area contributed by atoms with Crippen LogP contribution in [0.1, 0.15) is 5.56 Å². The molecule has 1 aromatic heterocycles. The van der Waals surface area contributed by atoms with Crippen molar-refractivity contribution in [3.63, 3.8) is 0 Å². The molecule has 0 spiro atoms. The Bertz CT molecular complexity index is 774. The zero-order chi connectivity index (χ0) is 16.1. The molecular weight excluding hydrogens is 376 g/mol. The lowest BCUT2D eigenvalue weighted by molar-refractivity contribution is 0.343. The van der Waals surface area contributed by atoms with Crippen molar-refractivity contribution in [3.8, 4) is 17.2 Å². The van der Waals surface area contributed by atoms with Gasteiger partial charge >= 0.3 is 0 Å². The van der Waals surface area contributed by atoms with Gasteiger partial charge in [-0.2, -0.15) is 0 Å². The van der Waals surface area contributed by atoms with Crippen molar-refractivity contribution in [1.82, 2.24) is 10.2 Å². The Morgan fingerprint density at radius 1 is 1.09 bits per heavy atom. The Labute approximate surface area is 147 Å². The predicted octanol–water partition coefficient (Wildman–Crippen LogP) is 4.98. The molecule has 0 amide bonds. The van der Waals surface area contributed by atoms with Crippen molar-refractivity contribution in [2.24, 2.45) is 0 Å². The average molecular weight is 391 g/mol. The van der Waals surface area contributed by atoms with Crippen LogP contribution in [-0.4, -0.2) is 22.6 Å². The van der Waals surface area contributed by atoms with E-state index in [1.165, 1.54) is 17.3 Å². The summed E-state index contributed by atoms with van der Waals surface area (Å²) in [5.74, 6) is 2.13. The van der Waals surface area contributed by atoms with E-state index >= 15 is 0 Å². The van der Waals surface area contributed by atoms with Crippen molar-refractivity contribution in [2.45, 2.75) is 12.1 Å². The number of rotatable bonds is 6. The molecule has 0 aliphatic heterocycles. The summed E-state index contributed by atoms with van der Waals surface area (Å²) in [4.78, 5) is 0. The monoisotopic (exact) mass is 390 g/mol. The minimum Gasteiger partial charge on any atom is -0.493 e. The number of ether oxygens (including phenoxy) is 1. The van der Waals surface area contributed by atoms with Crippen LogP contribution in [0.5, 0.6) is 5.75 Å². The van der Waals surface area contributed by atoms with Gasteiger partial charge in [0.1, 0.15) is 5.75 Å². The molecule has 0 atom stereocenters. The smallest absolute Gasteiger partial charge is 0.276 e. The van der Waals surface area contributed by atoms with Gasteiger partial charge in [-0.05, 0) is 47.1 Å². The van der Waals surface area contributed by atoms with Crippen LogP contribution >= 0.6 is 27.7 Å². The second-order valence-electron chi connectivity index (χ2n) is 4.86. The predicted molar refractivity (Wildman–Crippen MR) is 94.8 cm³/mol. The molecule has 4 nitrogen and oxygen atoms in total. The molecule has 0 saturated carbocycles. The number of thioether (sulfide) groups is 1. The van der Waals surface area contributed by atoms with Crippen LogP contribution in [0, 0.1) is 6.92 Å². The van der Waals surface area contributed by atoms with E-state index < -0.39 is 0 Å². The number of benzene rings is 2. The van der Waals surface area contributed by atoms with E-state index in [0.717, 1.165) is 21.5 Å². The molecule has 3 rings (SSSR count). The fourth-order valence-corrected chi connectivity index (χ4v) is 2.97. The topological polar surface area (TPSA) is 48.2 Å². The lowest BCUT2D eigenvalue weighted by Crippen LogP contribution is -1.99. The third-order valence-corrected chi connectivity index (χ3v) is 4.58. The highest BCUT2D eigenvalue weighted by Crippen LogP contribution is 2.28. The number of aryl methyl sites for hydroxylation is 1. The van der Waals surface area contributed by atoms with Crippen LogP contribution < -0.4 is 4.74 Å². The Kier molecular flexibility index (Phi) is 5.35. The number of halogens is 1. The van der Waals surface area contributed by atoms with E-state index in [0.29, 0.717) is 17.7 Å². The Morgan fingerprint density at radius 3 is 2.65 bits per heavy atom. The standard InChI is InChI=1S/C17H15BrN2O2S/c1-12-6-8-13(9-7-12)21-10-11-23-17-20-19-16(22-17)14-4-2-3-5-15(14)18/h2-9H,10-11H2,1H3. The van der Waals surface area contributed by atoms with E-state index in [1.54, 1.807) is 0 Å². The van der Waals surface area contributed by atoms with Gasteiger partial charge in [-0.1, -0.05) is 41.6 Å². The van der Waals surface area contributed by atoms with Crippen LogP contribution in [-0.2, 0) is 0 Å². The molecule has 0 aliphatic rings. The minimum atomic E-state index is 0.513. The van der Waals surface area contributed by atoms with Gasteiger partial charge in [0.2, 0.25) is 5.89 Å². The van der Waals surface area contributed by atoms with Gasteiger partial charge in [0.25, 0.3) is 5.22 Å². The molecule has 0 saturated heterocycles. The highest BCUT2D eigenvalue weighted by Gasteiger charge is 2.11. The van der Waals surface area contributed by atoms with Crippen LogP contribution in [0.3, 0.4) is 0 Å². The summed E-state index contributed by atoms with van der Waals surface area (Å²) in [5, 5.41) is 8.69. The largest absolute Gasteiger partial charge is 0.493 e. The van der Waals surface area contributed by atoms with E-state index in [2.05, 4.69) is 33.1 Å². The Morgan fingerprint density at radius 2 is 1.87 bits per heavy atom. The number of aromatic nitrogens is 2. The van der Waals surface area contributed by atoms with Crippen LogP contribution in [0.15, 0.2) is 62.6 Å². The molecule has 1 heterocycles. The minimum absolute atomic E-state index is 0.513. The van der Waals surface area contributed by atoms with Crippen LogP contribution in [0.25, 0.3) is 11.5 Å². The molecule has 118 valence electrons. The highest BCUT2D eigenvalue weighted by atomic mass is 79.9. The zero-order valence-electron chi connectivity index (χ0n) is 12.5. The molecule has 0 unspecified atom stereocenters. The van der Waals surface area contributed by atoms with Crippen molar-refractivity contribution in [1.29, 1.82) is 0 Å². The van der Waals surface area contributed by atoms with Crippen molar-refractivity contribution >= 4 is 27.7 Å². The Hall–Kier alpha value is -1.79. The maximum Gasteiger partial charge on any atom is 0.276 e. The van der Waals surface area contributed by atoms with Gasteiger partial charge in [-0.15, -0.1) is 10.2 Å². The first-order valence-electron chi connectivity index (χ1n) is 7.13. The quantitative estimate of drug-likeness (QED) is 0.438. The van der Waals surface area contributed by atoms with E-state index in [4.69, 9.17) is 9.15 Å². The van der Waals surface area contributed by atoms with Gasteiger partial charge in [-0.25, -0.2) is 0 Å². The average Bonchev–Trinajstić information content (AvgIpc) is 3.02. The second-order valence-corrected chi connectivity index (χ2v) is 6.76. The normalized spacial score (nSPS) is 10.7. The molecule has 23 heavy (non-hydrogen) atoms. The summed E-state index contributed by atoms with van der Waals surface area (Å²) >= 11 is 4.97. The number of hydrogen-bond acceptors (Lipinski definition) is 5. The summed E-state index contributed by atoms with van der Waals surface area (Å²) in [6.07, 6.45) is 0. The number of hydrogen-bond donors (Lipinski definition) is 0. The molecule has 6 heteroatoms. The molecule has 2 aromatic carbocycles. The van der Waals surface area contributed by atoms with Crippen LogP contribution in [0.2, 0.25) is 0 Å². The fourth-order valence-electron chi connectivity index (χ4n) is 1.93. The van der Waals surface area contributed by atoms with Crippen molar-refractivity contribution in [3.05, 3.63) is 58.6 Å². The maximum atomic E-state index is 5.68. The SMILES string of the molecule is Cc1ccc(OCCSc2nnc(-c3ccccc3Br)o2)cc1. The van der Waals surface area contributed by atoms with Gasteiger partial charge in [0.15, 0.2) is 0 Å². The Balaban J connectivity index is 1.52.